The van der Waals surface area contributed by atoms with Gasteiger partial charge < -0.3 is 5.32 Å². The van der Waals surface area contributed by atoms with Gasteiger partial charge in [-0.15, -0.1) is 0 Å². The average molecular weight is 358 g/mol. The summed E-state index contributed by atoms with van der Waals surface area (Å²) in [4.78, 5) is 4.70. The first kappa shape index (κ1) is 12.8. The smallest absolute Gasteiger partial charge is 0.0879 e. The largest absolute Gasteiger partial charge is 0.387 e. The van der Waals surface area contributed by atoms with Crippen LogP contribution in [0.25, 0.3) is 10.9 Å². The molecule has 0 unspecified atom stereocenters. The second-order valence-corrected chi connectivity index (χ2v) is 5.62. The molecule has 0 amide bonds. The van der Waals surface area contributed by atoms with E-state index in [0.29, 0.717) is 0 Å². The van der Waals surface area contributed by atoms with Crippen LogP contribution in [0.2, 0.25) is 0 Å². The zero-order valence-electron chi connectivity index (χ0n) is 10.1. The Bertz CT molecular complexity index is 579. The Morgan fingerprint density at radius 2 is 1.88 bits per heavy atom. The molecule has 4 heteroatoms. The lowest BCUT2D eigenvalue weighted by Crippen LogP contribution is -2.02. The Morgan fingerprint density at radius 1 is 1.24 bits per heavy atom. The molecule has 17 heavy (non-hydrogen) atoms. The molecule has 0 aliphatic heterocycles. The van der Waals surface area contributed by atoms with E-state index in [2.05, 4.69) is 51.0 Å². The summed E-state index contributed by atoms with van der Waals surface area (Å²) in [5.41, 5.74) is 4.53. The van der Waals surface area contributed by atoms with Crippen LogP contribution in [0.15, 0.2) is 21.1 Å². The van der Waals surface area contributed by atoms with E-state index in [0.717, 1.165) is 32.0 Å². The van der Waals surface area contributed by atoms with Gasteiger partial charge in [0.15, 0.2) is 0 Å². The second kappa shape index (κ2) is 4.94. The van der Waals surface area contributed by atoms with Gasteiger partial charge in [-0.25, -0.2) is 0 Å². The summed E-state index contributed by atoms with van der Waals surface area (Å²) in [7, 11) is 1.96. The molecule has 2 nitrogen and oxygen atoms in total. The first-order valence-electron chi connectivity index (χ1n) is 5.55. The summed E-state index contributed by atoms with van der Waals surface area (Å²) in [6.45, 7) is 4.22. The molecule has 90 valence electrons. The number of anilines is 1. The SMILES string of the molecule is CCc1c(C)nc2c(Br)ccc(Br)c2c1NC. The summed E-state index contributed by atoms with van der Waals surface area (Å²) in [5, 5.41) is 4.45. The number of halogens is 2. The van der Waals surface area contributed by atoms with Crippen molar-refractivity contribution in [3.63, 3.8) is 0 Å². The van der Waals surface area contributed by atoms with Crippen molar-refractivity contribution < 1.29 is 0 Å². The van der Waals surface area contributed by atoms with E-state index in [1.54, 1.807) is 0 Å². The van der Waals surface area contributed by atoms with E-state index in [-0.39, 0.29) is 0 Å². The van der Waals surface area contributed by atoms with E-state index >= 15 is 0 Å². The Balaban J connectivity index is 2.98. The Morgan fingerprint density at radius 3 is 2.47 bits per heavy atom. The predicted octanol–water partition coefficient (Wildman–Crippen LogP) is 4.67. The number of aryl methyl sites for hydroxylation is 1. The highest BCUT2D eigenvalue weighted by molar-refractivity contribution is 9.11. The summed E-state index contributed by atoms with van der Waals surface area (Å²) >= 11 is 7.17. The molecule has 0 aliphatic carbocycles. The molecule has 1 aromatic heterocycles. The molecule has 0 radical (unpaired) electrons. The number of rotatable bonds is 2. The Hall–Kier alpha value is -0.610. The predicted molar refractivity (Wildman–Crippen MR) is 80.8 cm³/mol. The minimum absolute atomic E-state index is 0.976. The van der Waals surface area contributed by atoms with Gasteiger partial charge in [0.25, 0.3) is 0 Å². The number of pyridine rings is 1. The highest BCUT2D eigenvalue weighted by atomic mass is 79.9. The maximum absolute atomic E-state index is 4.70. The minimum Gasteiger partial charge on any atom is -0.387 e. The maximum Gasteiger partial charge on any atom is 0.0879 e. The van der Waals surface area contributed by atoms with Gasteiger partial charge in [0.05, 0.1) is 5.52 Å². The maximum atomic E-state index is 4.70. The highest BCUT2D eigenvalue weighted by Gasteiger charge is 2.14. The summed E-state index contributed by atoms with van der Waals surface area (Å²) < 4.78 is 2.10. The van der Waals surface area contributed by atoms with Gasteiger partial charge in [-0.05, 0) is 47.0 Å². The summed E-state index contributed by atoms with van der Waals surface area (Å²) in [6, 6.07) is 4.06. The average Bonchev–Trinajstić information content (AvgIpc) is 2.32. The van der Waals surface area contributed by atoms with Crippen molar-refractivity contribution in [1.82, 2.24) is 4.98 Å². The van der Waals surface area contributed by atoms with Crippen LogP contribution < -0.4 is 5.32 Å². The van der Waals surface area contributed by atoms with Crippen molar-refractivity contribution in [1.29, 1.82) is 0 Å². The van der Waals surface area contributed by atoms with Crippen molar-refractivity contribution >= 4 is 48.5 Å². The van der Waals surface area contributed by atoms with E-state index in [1.807, 2.05) is 19.2 Å². The van der Waals surface area contributed by atoms with Crippen LogP contribution in [0.5, 0.6) is 0 Å². The number of aromatic nitrogens is 1. The number of nitrogens with one attached hydrogen (secondary N) is 1. The molecule has 0 saturated carbocycles. The van der Waals surface area contributed by atoms with E-state index in [9.17, 15) is 0 Å². The third kappa shape index (κ3) is 2.08. The third-order valence-electron chi connectivity index (χ3n) is 2.95. The van der Waals surface area contributed by atoms with Gasteiger partial charge in [-0.3, -0.25) is 4.98 Å². The molecule has 0 fully saturated rings. The molecule has 2 aromatic rings. The summed E-state index contributed by atoms with van der Waals surface area (Å²) in [6.07, 6.45) is 0.976. The van der Waals surface area contributed by atoms with Gasteiger partial charge >= 0.3 is 0 Å². The van der Waals surface area contributed by atoms with Gasteiger partial charge in [-0.1, -0.05) is 22.9 Å². The number of hydrogen-bond acceptors (Lipinski definition) is 2. The lowest BCUT2D eigenvalue weighted by molar-refractivity contribution is 1.07. The number of hydrogen-bond donors (Lipinski definition) is 1. The van der Waals surface area contributed by atoms with Crippen LogP contribution in [0.3, 0.4) is 0 Å². The third-order valence-corrected chi connectivity index (χ3v) is 4.25. The zero-order chi connectivity index (χ0) is 12.6. The van der Waals surface area contributed by atoms with E-state index in [1.165, 1.54) is 11.3 Å². The van der Waals surface area contributed by atoms with Gasteiger partial charge in [0, 0.05) is 32.8 Å². The van der Waals surface area contributed by atoms with E-state index in [4.69, 9.17) is 4.98 Å². The van der Waals surface area contributed by atoms with Crippen LogP contribution in [-0.2, 0) is 6.42 Å². The van der Waals surface area contributed by atoms with Crippen LogP contribution in [0, 0.1) is 6.92 Å². The molecule has 1 N–H and O–H groups in total. The van der Waals surface area contributed by atoms with Crippen molar-refractivity contribution in [2.24, 2.45) is 0 Å². The first-order chi connectivity index (χ1) is 8.10. The number of fused-ring (bicyclic) bond motifs is 1. The minimum atomic E-state index is 0.976. The van der Waals surface area contributed by atoms with Gasteiger partial charge in [0.1, 0.15) is 0 Å². The molecule has 0 atom stereocenters. The fourth-order valence-electron chi connectivity index (χ4n) is 2.16. The van der Waals surface area contributed by atoms with Crippen LogP contribution in [0.4, 0.5) is 5.69 Å². The summed E-state index contributed by atoms with van der Waals surface area (Å²) in [5.74, 6) is 0. The fourth-order valence-corrected chi connectivity index (χ4v) is 3.10. The zero-order valence-corrected chi connectivity index (χ0v) is 13.2. The highest BCUT2D eigenvalue weighted by Crippen LogP contribution is 2.37. The molecular weight excluding hydrogens is 344 g/mol. The topological polar surface area (TPSA) is 24.9 Å². The van der Waals surface area contributed by atoms with Crippen LogP contribution in [0.1, 0.15) is 18.2 Å². The van der Waals surface area contributed by atoms with Gasteiger partial charge in [0.2, 0.25) is 0 Å². The van der Waals surface area contributed by atoms with Crippen LogP contribution >= 0.6 is 31.9 Å². The molecule has 0 saturated heterocycles. The Kier molecular flexibility index (Phi) is 3.73. The van der Waals surface area contributed by atoms with Crippen molar-refractivity contribution in [2.75, 3.05) is 12.4 Å². The normalized spacial score (nSPS) is 10.9. The van der Waals surface area contributed by atoms with Crippen molar-refractivity contribution in [2.45, 2.75) is 20.3 Å². The lowest BCUT2D eigenvalue weighted by atomic mass is 10.0. The van der Waals surface area contributed by atoms with Crippen LogP contribution in [-0.4, -0.2) is 12.0 Å². The fraction of sp³-hybridized carbons (Fsp3) is 0.308. The molecule has 1 aromatic carbocycles. The lowest BCUT2D eigenvalue weighted by Gasteiger charge is -2.15. The monoisotopic (exact) mass is 356 g/mol. The van der Waals surface area contributed by atoms with Gasteiger partial charge in [-0.2, -0.15) is 0 Å². The second-order valence-electron chi connectivity index (χ2n) is 3.91. The van der Waals surface area contributed by atoms with Crippen molar-refractivity contribution in [3.8, 4) is 0 Å². The Labute approximate surface area is 118 Å². The molecule has 0 spiro atoms. The number of benzene rings is 1. The molecule has 2 rings (SSSR count). The number of nitrogens with zero attached hydrogens (tertiary/aromatic N) is 1. The standard InChI is InChI=1S/C13H14Br2N2/c1-4-8-7(2)17-13-10(15)6-5-9(14)11(13)12(8)16-3/h5-6H,4H2,1-3H3,(H,16,17). The van der Waals surface area contributed by atoms with E-state index < -0.39 is 0 Å². The van der Waals surface area contributed by atoms with Crippen molar-refractivity contribution in [3.05, 3.63) is 32.3 Å². The quantitative estimate of drug-likeness (QED) is 0.844. The molecule has 1 heterocycles. The molecular formula is C13H14Br2N2. The first-order valence-corrected chi connectivity index (χ1v) is 7.13. The molecule has 0 bridgehead atoms. The molecule has 0 aliphatic rings.